The fourth-order valence-electron chi connectivity index (χ4n) is 2.98. The number of hydrogen-bond donors (Lipinski definition) is 1. The number of nitrogens with zero attached hydrogens (tertiary/aromatic N) is 3. The Morgan fingerprint density at radius 2 is 1.85 bits per heavy atom. The fourth-order valence-corrected chi connectivity index (χ4v) is 4.84. The van der Waals surface area contributed by atoms with Gasteiger partial charge in [0, 0.05) is 7.05 Å². The third-order valence-corrected chi connectivity index (χ3v) is 6.98. The van der Waals surface area contributed by atoms with E-state index in [0.29, 0.717) is 16.5 Å². The first kappa shape index (κ1) is 25.2. The van der Waals surface area contributed by atoms with Crippen molar-refractivity contribution in [3.05, 3.63) is 51.7 Å². The predicted molar refractivity (Wildman–Crippen MR) is 128 cm³/mol. The highest BCUT2D eigenvalue weighted by atomic mass is 32.2. The molecule has 0 aliphatic rings. The van der Waals surface area contributed by atoms with E-state index in [2.05, 4.69) is 15.5 Å². The van der Waals surface area contributed by atoms with Crippen LogP contribution in [0.15, 0.2) is 29.4 Å². The molecule has 34 heavy (non-hydrogen) atoms. The molecule has 12 heteroatoms. The van der Waals surface area contributed by atoms with E-state index >= 15 is 0 Å². The van der Waals surface area contributed by atoms with Crippen molar-refractivity contribution in [2.75, 3.05) is 25.3 Å². The molecular weight excluding hydrogens is 480 g/mol. The minimum absolute atomic E-state index is 0.00975. The Kier molecular flexibility index (Phi) is 8.29. The van der Waals surface area contributed by atoms with E-state index in [1.165, 1.54) is 26.0 Å². The molecule has 1 amide bonds. The summed E-state index contributed by atoms with van der Waals surface area (Å²) in [4.78, 5) is 37.0. The number of aryl methyl sites for hydroxylation is 1. The van der Waals surface area contributed by atoms with Crippen LogP contribution in [0.5, 0.6) is 5.75 Å². The fraction of sp³-hybridized carbons (Fsp3) is 0.318. The Hall–Kier alpha value is -3.38. The zero-order valence-corrected chi connectivity index (χ0v) is 21.0. The van der Waals surface area contributed by atoms with Crippen LogP contribution < -0.4 is 10.1 Å². The van der Waals surface area contributed by atoms with Gasteiger partial charge in [0.1, 0.15) is 22.2 Å². The summed E-state index contributed by atoms with van der Waals surface area (Å²) in [6.07, 6.45) is 0. The molecule has 0 saturated heterocycles. The Balaban J connectivity index is 1.64. The van der Waals surface area contributed by atoms with Gasteiger partial charge in [-0.3, -0.25) is 4.79 Å². The lowest BCUT2D eigenvalue weighted by Gasteiger charge is -2.08. The third kappa shape index (κ3) is 5.75. The van der Waals surface area contributed by atoms with Gasteiger partial charge in [-0.1, -0.05) is 23.9 Å². The van der Waals surface area contributed by atoms with E-state index in [1.54, 1.807) is 18.5 Å². The van der Waals surface area contributed by atoms with Crippen LogP contribution in [0.1, 0.15) is 37.0 Å². The van der Waals surface area contributed by atoms with Gasteiger partial charge < -0.3 is 24.1 Å². The van der Waals surface area contributed by atoms with E-state index in [9.17, 15) is 14.4 Å². The van der Waals surface area contributed by atoms with Gasteiger partial charge in [0.15, 0.2) is 11.0 Å². The van der Waals surface area contributed by atoms with Crippen LogP contribution in [0.2, 0.25) is 0 Å². The van der Waals surface area contributed by atoms with Gasteiger partial charge >= 0.3 is 11.9 Å². The number of thioether (sulfide) groups is 1. The quantitative estimate of drug-likeness (QED) is 0.345. The molecular formula is C22H24N4O6S2. The van der Waals surface area contributed by atoms with E-state index in [1.807, 2.05) is 31.2 Å². The molecule has 0 bridgehead atoms. The van der Waals surface area contributed by atoms with Crippen molar-refractivity contribution in [3.8, 4) is 5.75 Å². The number of aromatic nitrogens is 3. The molecule has 10 nitrogen and oxygen atoms in total. The number of rotatable bonds is 9. The summed E-state index contributed by atoms with van der Waals surface area (Å²) in [5.41, 5.74) is 1.60. The number of nitrogens with one attached hydrogen (secondary N) is 1. The average molecular weight is 505 g/mol. The molecule has 0 atom stereocenters. The smallest absolute Gasteiger partial charge is 0.348 e. The molecule has 0 aliphatic heterocycles. The van der Waals surface area contributed by atoms with Crippen molar-refractivity contribution < 1.29 is 28.6 Å². The highest BCUT2D eigenvalue weighted by molar-refractivity contribution is 7.99. The maximum absolute atomic E-state index is 12.6. The van der Waals surface area contributed by atoms with Crippen LogP contribution >= 0.6 is 23.1 Å². The lowest BCUT2D eigenvalue weighted by molar-refractivity contribution is -0.113. The minimum Gasteiger partial charge on any atom is -0.486 e. The molecule has 2 heterocycles. The summed E-state index contributed by atoms with van der Waals surface area (Å²) in [7, 11) is 4.26. The van der Waals surface area contributed by atoms with Crippen LogP contribution in [-0.2, 0) is 27.9 Å². The third-order valence-electron chi connectivity index (χ3n) is 4.77. The predicted octanol–water partition coefficient (Wildman–Crippen LogP) is 3.38. The van der Waals surface area contributed by atoms with Crippen LogP contribution in [0.25, 0.3) is 0 Å². The second-order valence-corrected chi connectivity index (χ2v) is 9.11. The van der Waals surface area contributed by atoms with E-state index < -0.39 is 11.9 Å². The van der Waals surface area contributed by atoms with Crippen LogP contribution in [-0.4, -0.2) is 52.6 Å². The molecule has 0 saturated carbocycles. The zero-order chi connectivity index (χ0) is 24.8. The van der Waals surface area contributed by atoms with E-state index in [4.69, 9.17) is 14.2 Å². The summed E-state index contributed by atoms with van der Waals surface area (Å²) < 4.78 is 17.1. The van der Waals surface area contributed by atoms with Crippen molar-refractivity contribution >= 4 is 45.9 Å². The number of thiophene rings is 1. The first-order valence-corrected chi connectivity index (χ1v) is 11.9. The summed E-state index contributed by atoms with van der Waals surface area (Å²) in [5.74, 6) is -0.283. The summed E-state index contributed by atoms with van der Waals surface area (Å²) in [6, 6.07) is 7.69. The first-order chi connectivity index (χ1) is 16.2. The lowest BCUT2D eigenvalue weighted by Crippen LogP contribution is -2.16. The number of anilines is 1. The van der Waals surface area contributed by atoms with Crippen molar-refractivity contribution in [2.45, 2.75) is 25.6 Å². The number of carbonyl (C=O) groups excluding carboxylic acids is 3. The number of esters is 2. The van der Waals surface area contributed by atoms with Gasteiger partial charge in [0.25, 0.3) is 0 Å². The van der Waals surface area contributed by atoms with Crippen LogP contribution in [0.3, 0.4) is 0 Å². The monoisotopic (exact) mass is 504 g/mol. The van der Waals surface area contributed by atoms with Gasteiger partial charge in [-0.05, 0) is 37.1 Å². The maximum atomic E-state index is 12.6. The first-order valence-electron chi connectivity index (χ1n) is 10.1. The molecule has 180 valence electrons. The number of ether oxygens (including phenoxy) is 3. The number of methoxy groups -OCH3 is 2. The Bertz CT molecular complexity index is 1220. The number of hydrogen-bond acceptors (Lipinski definition) is 10. The molecule has 0 spiro atoms. The Labute approximate surface area is 204 Å². The Morgan fingerprint density at radius 1 is 1.12 bits per heavy atom. The van der Waals surface area contributed by atoms with E-state index in [0.717, 1.165) is 22.6 Å². The average Bonchev–Trinajstić information content (AvgIpc) is 3.34. The SMILES string of the molecule is COC(=O)c1sc(NC(=O)CSc2nnc(COc3cccc(C)c3)n2C)c(C(=O)OC)c1C. The second kappa shape index (κ2) is 11.2. The number of amides is 1. The molecule has 1 aromatic carbocycles. The summed E-state index contributed by atoms with van der Waals surface area (Å²) >= 11 is 2.14. The molecule has 0 fully saturated rings. The normalized spacial score (nSPS) is 10.6. The number of benzene rings is 1. The van der Waals surface area contributed by atoms with Gasteiger partial charge in [0.2, 0.25) is 5.91 Å². The van der Waals surface area contributed by atoms with Crippen molar-refractivity contribution in [2.24, 2.45) is 7.05 Å². The van der Waals surface area contributed by atoms with Crippen molar-refractivity contribution in [1.82, 2.24) is 14.8 Å². The molecule has 1 N–H and O–H groups in total. The number of carbonyl (C=O) groups is 3. The molecule has 0 unspecified atom stereocenters. The topological polar surface area (TPSA) is 122 Å². The second-order valence-electron chi connectivity index (χ2n) is 7.14. The highest BCUT2D eigenvalue weighted by Crippen LogP contribution is 2.34. The minimum atomic E-state index is -0.654. The van der Waals surface area contributed by atoms with Gasteiger partial charge in [0.05, 0.1) is 25.5 Å². The zero-order valence-electron chi connectivity index (χ0n) is 19.3. The molecule has 0 aliphatic carbocycles. The van der Waals surface area contributed by atoms with Gasteiger partial charge in [-0.25, -0.2) is 9.59 Å². The molecule has 0 radical (unpaired) electrons. The van der Waals surface area contributed by atoms with Crippen molar-refractivity contribution in [3.63, 3.8) is 0 Å². The summed E-state index contributed by atoms with van der Waals surface area (Å²) in [5, 5.41) is 11.7. The van der Waals surface area contributed by atoms with Crippen LogP contribution in [0.4, 0.5) is 5.00 Å². The van der Waals surface area contributed by atoms with E-state index in [-0.39, 0.29) is 33.7 Å². The molecule has 3 rings (SSSR count). The Morgan fingerprint density at radius 3 is 2.53 bits per heavy atom. The molecule has 3 aromatic rings. The summed E-state index contributed by atoms with van der Waals surface area (Å²) in [6.45, 7) is 3.81. The van der Waals surface area contributed by atoms with Crippen LogP contribution in [0, 0.1) is 13.8 Å². The molecule has 2 aromatic heterocycles. The highest BCUT2D eigenvalue weighted by Gasteiger charge is 2.27. The van der Waals surface area contributed by atoms with Crippen molar-refractivity contribution in [1.29, 1.82) is 0 Å². The largest absolute Gasteiger partial charge is 0.486 e. The standard InChI is InChI=1S/C22H24N4O6S2/c1-12-7-6-8-14(9-12)32-10-15-24-25-22(26(15)3)33-11-16(27)23-19-17(20(28)30-4)13(2)18(34-19)21(29)31-5/h6-9H,10-11H2,1-5H3,(H,23,27). The maximum Gasteiger partial charge on any atom is 0.348 e. The lowest BCUT2D eigenvalue weighted by atomic mass is 10.1. The van der Waals surface area contributed by atoms with Gasteiger partial charge in [-0.2, -0.15) is 0 Å². The van der Waals surface area contributed by atoms with Gasteiger partial charge in [-0.15, -0.1) is 21.5 Å².